The van der Waals surface area contributed by atoms with Crippen LogP contribution in [0, 0.1) is 11.3 Å². The van der Waals surface area contributed by atoms with Crippen molar-refractivity contribution < 1.29 is 9.59 Å². The van der Waals surface area contributed by atoms with Crippen molar-refractivity contribution in [3.8, 4) is 6.07 Å². The molecule has 6 heteroatoms. The molecule has 1 aromatic rings. The Morgan fingerprint density at radius 2 is 2.33 bits per heavy atom. The fourth-order valence-corrected chi connectivity index (χ4v) is 2.24. The Labute approximate surface area is 123 Å². The number of carbonyl (C=O) groups is 2. The van der Waals surface area contributed by atoms with Crippen LogP contribution in [0.4, 0.5) is 5.69 Å². The second-order valence-corrected chi connectivity index (χ2v) is 5.03. The minimum Gasteiger partial charge on any atom is -0.355 e. The fourth-order valence-electron chi connectivity index (χ4n) is 2.24. The van der Waals surface area contributed by atoms with E-state index in [0.717, 1.165) is 6.42 Å². The summed E-state index contributed by atoms with van der Waals surface area (Å²) in [7, 11) is 0. The van der Waals surface area contributed by atoms with Crippen molar-refractivity contribution >= 4 is 17.5 Å². The standard InChI is InChI=1S/C15H18N4O2/c1-11(19-7-3-6-17-14(20)10-19)15(21)18-13-5-2-4-12(8-13)9-16/h2,4-5,8,11H,3,6-7,10H2,1H3,(H,17,20)(H,18,21). The fraction of sp³-hybridized carbons (Fsp3) is 0.400. The molecule has 1 heterocycles. The molecule has 2 N–H and O–H groups in total. The molecular formula is C15H18N4O2. The summed E-state index contributed by atoms with van der Waals surface area (Å²) in [5.41, 5.74) is 1.08. The van der Waals surface area contributed by atoms with Gasteiger partial charge in [0.05, 0.1) is 24.2 Å². The van der Waals surface area contributed by atoms with Crippen molar-refractivity contribution in [2.75, 3.05) is 25.0 Å². The van der Waals surface area contributed by atoms with Crippen LogP contribution in [0.5, 0.6) is 0 Å². The molecule has 0 saturated carbocycles. The summed E-state index contributed by atoms with van der Waals surface area (Å²) in [6.45, 7) is 3.36. The third-order valence-electron chi connectivity index (χ3n) is 3.48. The second-order valence-electron chi connectivity index (χ2n) is 5.03. The zero-order chi connectivity index (χ0) is 15.2. The number of nitriles is 1. The molecule has 110 valence electrons. The van der Waals surface area contributed by atoms with Gasteiger partial charge < -0.3 is 10.6 Å². The van der Waals surface area contributed by atoms with E-state index in [0.29, 0.717) is 24.3 Å². The Kier molecular flexibility index (Phi) is 4.90. The quantitative estimate of drug-likeness (QED) is 0.857. The summed E-state index contributed by atoms with van der Waals surface area (Å²) in [6.07, 6.45) is 0.827. The lowest BCUT2D eigenvalue weighted by Gasteiger charge is -2.25. The molecule has 0 aromatic heterocycles. The minimum atomic E-state index is -0.403. The van der Waals surface area contributed by atoms with E-state index in [1.807, 2.05) is 11.0 Å². The van der Waals surface area contributed by atoms with E-state index in [2.05, 4.69) is 10.6 Å². The van der Waals surface area contributed by atoms with Crippen LogP contribution in [0.2, 0.25) is 0 Å². The maximum atomic E-state index is 12.3. The number of hydrogen-bond donors (Lipinski definition) is 2. The van der Waals surface area contributed by atoms with Gasteiger partial charge in [-0.15, -0.1) is 0 Å². The highest BCUT2D eigenvalue weighted by Crippen LogP contribution is 2.12. The number of carbonyl (C=O) groups excluding carboxylic acids is 2. The molecule has 0 radical (unpaired) electrons. The molecule has 0 spiro atoms. The Hall–Kier alpha value is -2.39. The van der Waals surface area contributed by atoms with Gasteiger partial charge in [0.1, 0.15) is 0 Å². The van der Waals surface area contributed by atoms with E-state index >= 15 is 0 Å². The zero-order valence-corrected chi connectivity index (χ0v) is 11.9. The number of hydrogen-bond acceptors (Lipinski definition) is 4. The molecule has 6 nitrogen and oxygen atoms in total. The van der Waals surface area contributed by atoms with Crippen LogP contribution in [-0.2, 0) is 9.59 Å². The van der Waals surface area contributed by atoms with Crippen LogP contribution in [0.3, 0.4) is 0 Å². The largest absolute Gasteiger partial charge is 0.355 e. The first-order chi connectivity index (χ1) is 10.1. The molecule has 1 fully saturated rings. The van der Waals surface area contributed by atoms with Crippen LogP contribution in [-0.4, -0.2) is 42.4 Å². The third kappa shape index (κ3) is 4.04. The lowest BCUT2D eigenvalue weighted by Crippen LogP contribution is -2.45. The zero-order valence-electron chi connectivity index (χ0n) is 11.9. The van der Waals surface area contributed by atoms with Gasteiger partial charge in [-0.05, 0) is 31.5 Å². The lowest BCUT2D eigenvalue weighted by atomic mass is 10.2. The van der Waals surface area contributed by atoms with Crippen LogP contribution in [0.15, 0.2) is 24.3 Å². The SMILES string of the molecule is CC(C(=O)Nc1cccc(C#N)c1)N1CCCNC(=O)C1. The first-order valence-corrected chi connectivity index (χ1v) is 6.92. The summed E-state index contributed by atoms with van der Waals surface area (Å²) in [5, 5.41) is 14.4. The Morgan fingerprint density at radius 1 is 1.52 bits per heavy atom. The van der Waals surface area contributed by atoms with Gasteiger partial charge in [-0.3, -0.25) is 14.5 Å². The number of anilines is 1. The van der Waals surface area contributed by atoms with Crippen molar-refractivity contribution in [2.24, 2.45) is 0 Å². The van der Waals surface area contributed by atoms with E-state index in [1.54, 1.807) is 31.2 Å². The Bertz CT molecular complexity index is 579. The maximum absolute atomic E-state index is 12.3. The van der Waals surface area contributed by atoms with Gasteiger partial charge in [0.15, 0.2) is 0 Å². The van der Waals surface area contributed by atoms with Crippen molar-refractivity contribution in [3.63, 3.8) is 0 Å². The molecule has 1 aliphatic heterocycles. The molecule has 21 heavy (non-hydrogen) atoms. The van der Waals surface area contributed by atoms with E-state index in [4.69, 9.17) is 5.26 Å². The van der Waals surface area contributed by atoms with Gasteiger partial charge in [0.2, 0.25) is 11.8 Å². The maximum Gasteiger partial charge on any atom is 0.241 e. The first kappa shape index (κ1) is 15.0. The average Bonchev–Trinajstić information content (AvgIpc) is 2.71. The molecule has 1 unspecified atom stereocenters. The monoisotopic (exact) mass is 286 g/mol. The Morgan fingerprint density at radius 3 is 3.10 bits per heavy atom. The van der Waals surface area contributed by atoms with Crippen LogP contribution >= 0.6 is 0 Å². The normalized spacial score (nSPS) is 17.2. The van der Waals surface area contributed by atoms with Gasteiger partial charge >= 0.3 is 0 Å². The third-order valence-corrected chi connectivity index (χ3v) is 3.48. The first-order valence-electron chi connectivity index (χ1n) is 6.92. The summed E-state index contributed by atoms with van der Waals surface area (Å²) in [5.74, 6) is -0.238. The predicted molar refractivity (Wildman–Crippen MR) is 78.4 cm³/mol. The molecule has 1 atom stereocenters. The Balaban J connectivity index is 2.01. The number of benzene rings is 1. The van der Waals surface area contributed by atoms with Gasteiger partial charge in [-0.1, -0.05) is 6.07 Å². The lowest BCUT2D eigenvalue weighted by molar-refractivity contribution is -0.124. The highest BCUT2D eigenvalue weighted by Gasteiger charge is 2.24. The molecule has 2 rings (SSSR count). The summed E-state index contributed by atoms with van der Waals surface area (Å²) >= 11 is 0. The van der Waals surface area contributed by atoms with Crippen molar-refractivity contribution in [2.45, 2.75) is 19.4 Å². The number of amides is 2. The van der Waals surface area contributed by atoms with E-state index in [1.165, 1.54) is 0 Å². The van der Waals surface area contributed by atoms with Crippen molar-refractivity contribution in [1.29, 1.82) is 5.26 Å². The van der Waals surface area contributed by atoms with Crippen LogP contribution in [0.25, 0.3) is 0 Å². The number of nitrogens with one attached hydrogen (secondary N) is 2. The summed E-state index contributed by atoms with van der Waals surface area (Å²) < 4.78 is 0. The predicted octanol–water partition coefficient (Wildman–Crippen LogP) is 0.707. The van der Waals surface area contributed by atoms with Gasteiger partial charge in [-0.2, -0.15) is 5.26 Å². The number of rotatable bonds is 3. The highest BCUT2D eigenvalue weighted by molar-refractivity contribution is 5.95. The second kappa shape index (κ2) is 6.86. The summed E-state index contributed by atoms with van der Waals surface area (Å²) in [6, 6.07) is 8.39. The van der Waals surface area contributed by atoms with E-state index < -0.39 is 6.04 Å². The molecule has 0 aliphatic carbocycles. The van der Waals surface area contributed by atoms with Gasteiger partial charge in [0.25, 0.3) is 0 Å². The van der Waals surface area contributed by atoms with Crippen molar-refractivity contribution in [1.82, 2.24) is 10.2 Å². The number of nitrogens with zero attached hydrogens (tertiary/aromatic N) is 2. The van der Waals surface area contributed by atoms with Crippen LogP contribution in [0.1, 0.15) is 18.9 Å². The molecule has 0 bridgehead atoms. The topological polar surface area (TPSA) is 85.2 Å². The van der Waals surface area contributed by atoms with Crippen molar-refractivity contribution in [3.05, 3.63) is 29.8 Å². The summed E-state index contributed by atoms with van der Waals surface area (Å²) in [4.78, 5) is 25.7. The molecule has 2 amide bonds. The molecule has 1 saturated heterocycles. The smallest absolute Gasteiger partial charge is 0.241 e. The molecular weight excluding hydrogens is 268 g/mol. The molecule has 1 aliphatic rings. The highest BCUT2D eigenvalue weighted by atomic mass is 16.2. The van der Waals surface area contributed by atoms with E-state index in [9.17, 15) is 9.59 Å². The van der Waals surface area contributed by atoms with Gasteiger partial charge in [0, 0.05) is 18.8 Å². The van der Waals surface area contributed by atoms with E-state index in [-0.39, 0.29) is 18.4 Å². The average molecular weight is 286 g/mol. The molecule has 1 aromatic carbocycles. The van der Waals surface area contributed by atoms with Crippen LogP contribution < -0.4 is 10.6 Å². The van der Waals surface area contributed by atoms with Gasteiger partial charge in [-0.25, -0.2) is 0 Å². The minimum absolute atomic E-state index is 0.0568.